The Hall–Kier alpha value is -6.36. The zero-order valence-corrected chi connectivity index (χ0v) is 39.4. The minimum Gasteiger partial charge on any atom is -0.378 e. The van der Waals surface area contributed by atoms with Crippen LogP contribution in [0.3, 0.4) is 0 Å². The van der Waals surface area contributed by atoms with Gasteiger partial charge in [-0.05, 0) is 109 Å². The first-order chi connectivity index (χ1) is 33.1. The summed E-state index contributed by atoms with van der Waals surface area (Å²) >= 11 is 0. The van der Waals surface area contributed by atoms with E-state index >= 15 is 0 Å². The SMILES string of the molecule is CO[C@@H]1CN(c2ccc3c(c2)CN2C3CN(c3ccc(C#N)c4ncccc34)C[C@H]2C)C[C@H]1N.CO[C@H]1CN(c2ccc3c(c2)CN2C3CN(c3ccc(C#N)c4ncccc34)C[C@H]2C)C[C@@H]1N. The molecule has 8 atom stereocenters. The third kappa shape index (κ3) is 7.66. The zero-order valence-electron chi connectivity index (χ0n) is 39.4. The minimum absolute atomic E-state index is 0.0508. The predicted molar refractivity (Wildman–Crippen MR) is 268 cm³/mol. The molecular formula is C54H60N12O2. The zero-order chi connectivity index (χ0) is 46.8. The summed E-state index contributed by atoms with van der Waals surface area (Å²) in [5, 5.41) is 21.2. The number of methoxy groups -OCH3 is 2. The average molecular weight is 909 g/mol. The van der Waals surface area contributed by atoms with Crippen LogP contribution in [-0.2, 0) is 22.6 Å². The molecule has 0 aliphatic carbocycles. The third-order valence-electron chi connectivity index (χ3n) is 15.7. The second-order valence-corrected chi connectivity index (χ2v) is 19.6. The van der Waals surface area contributed by atoms with Crippen LogP contribution in [0.15, 0.2) is 97.3 Å². The van der Waals surface area contributed by atoms with Gasteiger partial charge < -0.3 is 40.5 Å². The standard InChI is InChI=1S/2C27H30N6O/c2*1-17-12-32(24-8-5-18(11-28)27-22(24)4-3-9-30-27)15-25-21-7-6-20(10-19(21)13-33(17)25)31-14-23(29)26(16-31)34-2/h2*3-10,17,23,25-26H,12-16,29H2,1-2H3/t17-,23+,25?,26+;17-,23-,25?,26-/m11/s1. The summed E-state index contributed by atoms with van der Waals surface area (Å²) in [6.07, 6.45) is 3.70. The van der Waals surface area contributed by atoms with Crippen molar-refractivity contribution in [3.8, 4) is 12.1 Å². The van der Waals surface area contributed by atoms with Gasteiger partial charge in [0, 0.05) is 138 Å². The number of piperazine rings is 2. The van der Waals surface area contributed by atoms with Crippen molar-refractivity contribution in [3.05, 3.63) is 131 Å². The lowest BCUT2D eigenvalue weighted by molar-refractivity contribution is 0.108. The maximum Gasteiger partial charge on any atom is 0.101 e. The Bertz CT molecular complexity index is 2770. The molecule has 0 amide bonds. The van der Waals surface area contributed by atoms with Crippen LogP contribution in [0.4, 0.5) is 22.7 Å². The molecule has 4 aromatic carbocycles. The molecule has 4 fully saturated rings. The van der Waals surface area contributed by atoms with Crippen LogP contribution in [0.5, 0.6) is 0 Å². The van der Waals surface area contributed by atoms with Crippen molar-refractivity contribution in [2.24, 2.45) is 11.5 Å². The first-order valence-corrected chi connectivity index (χ1v) is 24.0. The lowest BCUT2D eigenvalue weighted by Crippen LogP contribution is -2.51. The molecule has 0 spiro atoms. The molecule has 0 saturated carbocycles. The highest BCUT2D eigenvalue weighted by Crippen LogP contribution is 2.44. The number of hydrogen-bond donors (Lipinski definition) is 2. The Morgan fingerprint density at radius 1 is 0.544 bits per heavy atom. The molecular weight excluding hydrogens is 849 g/mol. The molecule has 4 N–H and O–H groups in total. The Labute approximate surface area is 398 Å². The van der Waals surface area contributed by atoms with E-state index in [1.165, 1.54) is 33.6 Å². The number of hydrogen-bond acceptors (Lipinski definition) is 14. The summed E-state index contributed by atoms with van der Waals surface area (Å²) in [6, 6.07) is 36.1. The molecule has 0 bridgehead atoms. The summed E-state index contributed by atoms with van der Waals surface area (Å²) in [6.45, 7) is 13.7. The summed E-state index contributed by atoms with van der Waals surface area (Å²) < 4.78 is 11.1. The van der Waals surface area contributed by atoms with E-state index in [0.29, 0.717) is 35.3 Å². The largest absolute Gasteiger partial charge is 0.378 e. The monoisotopic (exact) mass is 908 g/mol. The van der Waals surface area contributed by atoms with Crippen LogP contribution in [0, 0.1) is 22.7 Å². The van der Waals surface area contributed by atoms with Crippen LogP contribution >= 0.6 is 0 Å². The second-order valence-electron chi connectivity index (χ2n) is 19.6. The van der Waals surface area contributed by atoms with Crippen molar-refractivity contribution in [2.75, 3.05) is 86.2 Å². The van der Waals surface area contributed by atoms with Crippen LogP contribution in [-0.4, -0.2) is 123 Å². The Morgan fingerprint density at radius 2 is 0.985 bits per heavy atom. The van der Waals surface area contributed by atoms with Crippen molar-refractivity contribution in [1.29, 1.82) is 10.5 Å². The average Bonchev–Trinajstić information content (AvgIpc) is 4.15. The summed E-state index contributed by atoms with van der Waals surface area (Å²) in [5.41, 5.74) is 25.8. The van der Waals surface area contributed by atoms with Crippen LogP contribution in [0.25, 0.3) is 21.8 Å². The number of fused-ring (bicyclic) bond motifs is 8. The molecule has 4 saturated heterocycles. The third-order valence-corrected chi connectivity index (χ3v) is 15.7. The quantitative estimate of drug-likeness (QED) is 0.198. The Kier molecular flexibility index (Phi) is 11.7. The van der Waals surface area contributed by atoms with Crippen molar-refractivity contribution in [1.82, 2.24) is 19.8 Å². The molecule has 68 heavy (non-hydrogen) atoms. The van der Waals surface area contributed by atoms with Gasteiger partial charge in [0.2, 0.25) is 0 Å². The highest BCUT2D eigenvalue weighted by atomic mass is 16.5. The number of nitrogens with two attached hydrogens (primary N) is 2. The summed E-state index contributed by atoms with van der Waals surface area (Å²) in [4.78, 5) is 23.9. The highest BCUT2D eigenvalue weighted by molar-refractivity contribution is 5.96. The van der Waals surface area contributed by atoms with Crippen molar-refractivity contribution in [3.63, 3.8) is 0 Å². The Balaban J connectivity index is 0.000000149. The van der Waals surface area contributed by atoms with Gasteiger partial charge in [-0.2, -0.15) is 10.5 Å². The molecule has 6 aromatic rings. The van der Waals surface area contributed by atoms with E-state index in [0.717, 1.165) is 98.6 Å². The minimum atomic E-state index is 0.0508. The van der Waals surface area contributed by atoms with Gasteiger partial charge >= 0.3 is 0 Å². The summed E-state index contributed by atoms with van der Waals surface area (Å²) in [5.74, 6) is 0. The van der Waals surface area contributed by atoms with Crippen molar-refractivity contribution < 1.29 is 9.47 Å². The van der Waals surface area contributed by atoms with Crippen molar-refractivity contribution >= 4 is 44.6 Å². The second kappa shape index (κ2) is 17.9. The molecule has 348 valence electrons. The van der Waals surface area contributed by atoms with Crippen molar-refractivity contribution in [2.45, 2.75) is 75.4 Å². The van der Waals surface area contributed by atoms with Gasteiger partial charge in [-0.25, -0.2) is 0 Å². The fourth-order valence-corrected chi connectivity index (χ4v) is 12.2. The van der Waals surface area contributed by atoms with E-state index < -0.39 is 0 Å². The molecule has 2 unspecified atom stereocenters. The van der Waals surface area contributed by atoms with Gasteiger partial charge in [-0.3, -0.25) is 19.8 Å². The number of pyridine rings is 2. The number of nitrogens with zero attached hydrogens (tertiary/aromatic N) is 10. The van der Waals surface area contributed by atoms with Gasteiger partial charge in [0.15, 0.2) is 0 Å². The van der Waals surface area contributed by atoms with E-state index in [2.05, 4.69) is 126 Å². The lowest BCUT2D eigenvalue weighted by Gasteiger charge is -2.44. The number of aromatic nitrogens is 2. The van der Waals surface area contributed by atoms with E-state index in [9.17, 15) is 10.5 Å². The van der Waals surface area contributed by atoms with Gasteiger partial charge in [-0.1, -0.05) is 12.1 Å². The van der Waals surface area contributed by atoms with Crippen LogP contribution in [0.1, 0.15) is 59.3 Å². The topological polar surface area (TPSA) is 163 Å². The molecule has 2 aromatic heterocycles. The van der Waals surface area contributed by atoms with Gasteiger partial charge in [-0.15, -0.1) is 0 Å². The van der Waals surface area contributed by atoms with E-state index in [1.807, 2.05) is 24.3 Å². The molecule has 0 radical (unpaired) electrons. The normalized spacial score (nSPS) is 26.5. The van der Waals surface area contributed by atoms with Crippen LogP contribution in [0.2, 0.25) is 0 Å². The number of rotatable bonds is 6. The molecule has 12 rings (SSSR count). The van der Waals surface area contributed by atoms with Gasteiger partial charge in [0.1, 0.15) is 12.1 Å². The predicted octanol–water partition coefficient (Wildman–Crippen LogP) is 6.07. The maximum atomic E-state index is 9.53. The number of nitriles is 2. The van der Waals surface area contributed by atoms with E-state index in [4.69, 9.17) is 20.9 Å². The number of benzene rings is 4. The first kappa shape index (κ1) is 44.2. The maximum absolute atomic E-state index is 9.53. The molecule has 14 heteroatoms. The van der Waals surface area contributed by atoms with Crippen LogP contribution < -0.4 is 31.1 Å². The number of anilines is 4. The molecule has 6 aliphatic heterocycles. The highest BCUT2D eigenvalue weighted by Gasteiger charge is 2.42. The molecule has 6 aliphatic rings. The van der Waals surface area contributed by atoms with Gasteiger partial charge in [0.05, 0.1) is 58.5 Å². The fourth-order valence-electron chi connectivity index (χ4n) is 12.2. The fraction of sp³-hybridized carbons (Fsp3) is 0.407. The summed E-state index contributed by atoms with van der Waals surface area (Å²) in [7, 11) is 3.49. The first-order valence-electron chi connectivity index (χ1n) is 24.0. The van der Waals surface area contributed by atoms with E-state index in [1.54, 1.807) is 26.6 Å². The smallest absolute Gasteiger partial charge is 0.101 e. The van der Waals surface area contributed by atoms with Gasteiger partial charge in [0.25, 0.3) is 0 Å². The Morgan fingerprint density at radius 3 is 1.38 bits per heavy atom. The molecule has 14 nitrogen and oxygen atoms in total. The van der Waals surface area contributed by atoms with E-state index in [-0.39, 0.29) is 24.3 Å². The lowest BCUT2D eigenvalue weighted by atomic mass is 9.99. The number of ether oxygens (including phenoxy) is 2. The molecule has 8 heterocycles.